The summed E-state index contributed by atoms with van der Waals surface area (Å²) in [6, 6.07) is 8.73. The highest BCUT2D eigenvalue weighted by molar-refractivity contribution is 14.0. The summed E-state index contributed by atoms with van der Waals surface area (Å²) < 4.78 is 0. The molecule has 0 amide bonds. The van der Waals surface area contributed by atoms with Gasteiger partial charge in [-0.3, -0.25) is 4.99 Å². The highest BCUT2D eigenvalue weighted by Crippen LogP contribution is 2.05. The van der Waals surface area contributed by atoms with Crippen molar-refractivity contribution in [2.45, 2.75) is 33.1 Å². The molecule has 1 rings (SSSR count). The van der Waals surface area contributed by atoms with Gasteiger partial charge >= 0.3 is 0 Å². The third-order valence-electron chi connectivity index (χ3n) is 2.66. The van der Waals surface area contributed by atoms with Gasteiger partial charge in [0.05, 0.1) is 0 Å². The number of hydrogen-bond acceptors (Lipinski definition) is 1. The summed E-state index contributed by atoms with van der Waals surface area (Å²) >= 11 is 0. The first-order valence-electron chi connectivity index (χ1n) is 6.37. The SMILES string of the molecule is CCCN=C(N)NCCc1ccc(CC)cc1.I. The number of rotatable bonds is 6. The summed E-state index contributed by atoms with van der Waals surface area (Å²) in [7, 11) is 0. The van der Waals surface area contributed by atoms with Crippen molar-refractivity contribution in [3.8, 4) is 0 Å². The second-order valence-corrected chi connectivity index (χ2v) is 4.11. The van der Waals surface area contributed by atoms with Crippen molar-refractivity contribution in [1.82, 2.24) is 5.32 Å². The van der Waals surface area contributed by atoms with Gasteiger partial charge in [0.25, 0.3) is 0 Å². The molecule has 0 bridgehead atoms. The summed E-state index contributed by atoms with van der Waals surface area (Å²) in [4.78, 5) is 4.18. The van der Waals surface area contributed by atoms with Gasteiger partial charge in [-0.2, -0.15) is 0 Å². The van der Waals surface area contributed by atoms with E-state index in [4.69, 9.17) is 5.73 Å². The Morgan fingerprint density at radius 3 is 2.33 bits per heavy atom. The standard InChI is InChI=1S/C14H23N3.HI/c1-3-10-16-14(15)17-11-9-13-7-5-12(4-2)6-8-13;/h5-8H,3-4,9-11H2,1-2H3,(H3,15,16,17);1H. The highest BCUT2D eigenvalue weighted by Gasteiger charge is 1.95. The topological polar surface area (TPSA) is 50.4 Å². The lowest BCUT2D eigenvalue weighted by atomic mass is 10.1. The van der Waals surface area contributed by atoms with E-state index in [1.54, 1.807) is 0 Å². The van der Waals surface area contributed by atoms with Crippen molar-refractivity contribution in [3.63, 3.8) is 0 Å². The first-order valence-corrected chi connectivity index (χ1v) is 6.37. The third-order valence-corrected chi connectivity index (χ3v) is 2.66. The number of guanidine groups is 1. The van der Waals surface area contributed by atoms with Crippen LogP contribution in [0.15, 0.2) is 29.3 Å². The quantitative estimate of drug-likeness (QED) is 0.465. The minimum absolute atomic E-state index is 0. The smallest absolute Gasteiger partial charge is 0.188 e. The predicted molar refractivity (Wildman–Crippen MR) is 89.7 cm³/mol. The second kappa shape index (κ2) is 10.2. The lowest BCUT2D eigenvalue weighted by molar-refractivity contribution is 0.839. The van der Waals surface area contributed by atoms with Crippen LogP contribution in [0.3, 0.4) is 0 Å². The lowest BCUT2D eigenvalue weighted by Gasteiger charge is -2.06. The van der Waals surface area contributed by atoms with Crippen LogP contribution < -0.4 is 11.1 Å². The van der Waals surface area contributed by atoms with Crippen molar-refractivity contribution in [2.24, 2.45) is 10.7 Å². The van der Waals surface area contributed by atoms with Gasteiger partial charge in [0, 0.05) is 13.1 Å². The molecule has 0 saturated carbocycles. The predicted octanol–water partition coefficient (Wildman–Crippen LogP) is 2.72. The maximum absolute atomic E-state index is 5.71. The molecule has 0 unspecified atom stereocenters. The van der Waals surface area contributed by atoms with Gasteiger partial charge in [-0.05, 0) is 30.4 Å². The monoisotopic (exact) mass is 361 g/mol. The van der Waals surface area contributed by atoms with Crippen LogP contribution in [0.4, 0.5) is 0 Å². The zero-order chi connectivity index (χ0) is 12.5. The fourth-order valence-electron chi connectivity index (χ4n) is 1.56. The van der Waals surface area contributed by atoms with E-state index in [1.165, 1.54) is 11.1 Å². The molecule has 0 saturated heterocycles. The molecule has 1 aromatic rings. The Morgan fingerprint density at radius 2 is 1.78 bits per heavy atom. The molecule has 0 spiro atoms. The Morgan fingerprint density at radius 1 is 1.17 bits per heavy atom. The molecule has 102 valence electrons. The fraction of sp³-hybridized carbons (Fsp3) is 0.500. The van der Waals surface area contributed by atoms with E-state index < -0.39 is 0 Å². The molecule has 4 heteroatoms. The number of hydrogen-bond donors (Lipinski definition) is 2. The molecule has 0 aromatic heterocycles. The number of nitrogens with zero attached hydrogens (tertiary/aromatic N) is 1. The summed E-state index contributed by atoms with van der Waals surface area (Å²) in [5.74, 6) is 0.553. The Bertz CT molecular complexity index is 347. The third kappa shape index (κ3) is 6.83. The highest BCUT2D eigenvalue weighted by atomic mass is 127. The van der Waals surface area contributed by atoms with E-state index in [2.05, 4.69) is 48.4 Å². The molecule has 18 heavy (non-hydrogen) atoms. The van der Waals surface area contributed by atoms with E-state index in [9.17, 15) is 0 Å². The maximum Gasteiger partial charge on any atom is 0.188 e. The molecule has 0 aliphatic rings. The number of aryl methyl sites for hydroxylation is 1. The molecule has 1 aromatic carbocycles. The molecule has 0 heterocycles. The lowest BCUT2D eigenvalue weighted by Crippen LogP contribution is -2.33. The Hall–Kier alpha value is -0.780. The molecule has 0 fully saturated rings. The number of nitrogens with two attached hydrogens (primary N) is 1. The van der Waals surface area contributed by atoms with Gasteiger partial charge in [-0.15, -0.1) is 24.0 Å². The normalized spacial score (nSPS) is 10.9. The zero-order valence-electron chi connectivity index (χ0n) is 11.3. The van der Waals surface area contributed by atoms with Crippen molar-refractivity contribution >= 4 is 29.9 Å². The van der Waals surface area contributed by atoms with Crippen LogP contribution in [0, 0.1) is 0 Å². The van der Waals surface area contributed by atoms with E-state index >= 15 is 0 Å². The Balaban J connectivity index is 0.00000289. The van der Waals surface area contributed by atoms with Gasteiger partial charge in [-0.25, -0.2) is 0 Å². The van der Waals surface area contributed by atoms with Crippen LogP contribution in [0.1, 0.15) is 31.4 Å². The molecule has 0 aliphatic carbocycles. The molecule has 0 radical (unpaired) electrons. The van der Waals surface area contributed by atoms with Crippen LogP contribution in [0.5, 0.6) is 0 Å². The average Bonchev–Trinajstić information content (AvgIpc) is 2.37. The second-order valence-electron chi connectivity index (χ2n) is 4.11. The fourth-order valence-corrected chi connectivity index (χ4v) is 1.56. The molecular weight excluding hydrogens is 337 g/mol. The molecule has 0 atom stereocenters. The van der Waals surface area contributed by atoms with E-state index in [1.807, 2.05) is 0 Å². The maximum atomic E-state index is 5.71. The van der Waals surface area contributed by atoms with Crippen molar-refractivity contribution < 1.29 is 0 Å². The molecule has 3 N–H and O–H groups in total. The minimum Gasteiger partial charge on any atom is -0.370 e. The summed E-state index contributed by atoms with van der Waals surface area (Å²) in [5, 5.41) is 3.12. The Kier molecular flexibility index (Phi) is 9.73. The van der Waals surface area contributed by atoms with Crippen LogP contribution in [0.25, 0.3) is 0 Å². The Labute approximate surface area is 127 Å². The number of halogens is 1. The van der Waals surface area contributed by atoms with Crippen LogP contribution in [-0.4, -0.2) is 19.0 Å². The van der Waals surface area contributed by atoms with Gasteiger partial charge in [0.15, 0.2) is 5.96 Å². The van der Waals surface area contributed by atoms with Gasteiger partial charge in [0.1, 0.15) is 0 Å². The number of aliphatic imine (C=N–C) groups is 1. The van der Waals surface area contributed by atoms with E-state index in [-0.39, 0.29) is 24.0 Å². The largest absolute Gasteiger partial charge is 0.370 e. The average molecular weight is 361 g/mol. The van der Waals surface area contributed by atoms with Crippen molar-refractivity contribution in [2.75, 3.05) is 13.1 Å². The summed E-state index contributed by atoms with van der Waals surface area (Å²) in [6.07, 6.45) is 3.10. The van der Waals surface area contributed by atoms with Crippen molar-refractivity contribution in [1.29, 1.82) is 0 Å². The van der Waals surface area contributed by atoms with E-state index in [0.717, 1.165) is 32.4 Å². The van der Waals surface area contributed by atoms with Crippen molar-refractivity contribution in [3.05, 3.63) is 35.4 Å². The summed E-state index contributed by atoms with van der Waals surface area (Å²) in [5.41, 5.74) is 8.42. The van der Waals surface area contributed by atoms with E-state index in [0.29, 0.717) is 5.96 Å². The number of nitrogens with one attached hydrogen (secondary N) is 1. The van der Waals surface area contributed by atoms with Crippen LogP contribution >= 0.6 is 24.0 Å². The van der Waals surface area contributed by atoms with Gasteiger partial charge in [-0.1, -0.05) is 38.1 Å². The summed E-state index contributed by atoms with van der Waals surface area (Å²) in [6.45, 7) is 5.89. The molecular formula is C14H24IN3. The van der Waals surface area contributed by atoms with Crippen LogP contribution in [-0.2, 0) is 12.8 Å². The van der Waals surface area contributed by atoms with Gasteiger partial charge < -0.3 is 11.1 Å². The zero-order valence-corrected chi connectivity index (χ0v) is 13.6. The van der Waals surface area contributed by atoms with Gasteiger partial charge in [0.2, 0.25) is 0 Å². The molecule has 3 nitrogen and oxygen atoms in total. The first kappa shape index (κ1) is 17.2. The minimum atomic E-state index is 0. The molecule has 0 aliphatic heterocycles. The number of benzene rings is 1. The van der Waals surface area contributed by atoms with Crippen LogP contribution in [0.2, 0.25) is 0 Å². The first-order chi connectivity index (χ1) is 8.26.